The van der Waals surface area contributed by atoms with Crippen molar-refractivity contribution in [3.05, 3.63) is 36.6 Å². The highest BCUT2D eigenvalue weighted by molar-refractivity contribution is 5.94. The summed E-state index contributed by atoms with van der Waals surface area (Å²) in [4.78, 5) is 16.0. The topological polar surface area (TPSA) is 107 Å². The summed E-state index contributed by atoms with van der Waals surface area (Å²) in [5.41, 5.74) is 1.91. The zero-order chi connectivity index (χ0) is 22.9. The fourth-order valence-corrected chi connectivity index (χ4v) is 4.21. The molecule has 5 heterocycles. The molecular weight excluding hydrogens is 420 g/mol. The number of hydrogen-bond donors (Lipinski definition) is 1. The van der Waals surface area contributed by atoms with Crippen LogP contribution in [-0.2, 0) is 4.74 Å². The molecule has 0 atom stereocenters. The Morgan fingerprint density at radius 1 is 1.15 bits per heavy atom. The van der Waals surface area contributed by atoms with Crippen LogP contribution in [0.2, 0.25) is 0 Å². The van der Waals surface area contributed by atoms with Gasteiger partial charge in [0.15, 0.2) is 0 Å². The Balaban J connectivity index is 1.42. The average molecular weight is 449 g/mol. The second-order valence-corrected chi connectivity index (χ2v) is 8.55. The molecule has 0 aromatic carbocycles. The highest BCUT2D eigenvalue weighted by atomic mass is 16.5. The molecule has 10 heteroatoms. The first-order chi connectivity index (χ1) is 16.0. The van der Waals surface area contributed by atoms with Crippen molar-refractivity contribution in [3.8, 4) is 11.5 Å². The lowest BCUT2D eigenvalue weighted by atomic mass is 10.1. The number of anilines is 3. The van der Waals surface area contributed by atoms with Gasteiger partial charge in [-0.2, -0.15) is 4.98 Å². The van der Waals surface area contributed by atoms with E-state index in [0.717, 1.165) is 48.3 Å². The fraction of sp³-hybridized carbons (Fsp3) is 0.435. The Hall–Kier alpha value is -3.53. The predicted molar refractivity (Wildman–Crippen MR) is 126 cm³/mol. The van der Waals surface area contributed by atoms with Crippen molar-refractivity contribution >= 4 is 28.5 Å². The van der Waals surface area contributed by atoms with Crippen LogP contribution >= 0.6 is 0 Å². The number of piperidine rings is 1. The van der Waals surface area contributed by atoms with Crippen LogP contribution in [0.1, 0.15) is 38.6 Å². The van der Waals surface area contributed by atoms with Gasteiger partial charge in [0, 0.05) is 63.2 Å². The summed E-state index contributed by atoms with van der Waals surface area (Å²) in [6.45, 7) is 7.82. The van der Waals surface area contributed by atoms with E-state index < -0.39 is 0 Å². The Morgan fingerprint density at radius 2 is 1.97 bits per heavy atom. The molecule has 0 radical (unpaired) electrons. The van der Waals surface area contributed by atoms with Gasteiger partial charge in [0.25, 0.3) is 0 Å². The number of fused-ring (bicyclic) bond motifs is 1. The van der Waals surface area contributed by atoms with Crippen molar-refractivity contribution in [1.82, 2.24) is 29.7 Å². The van der Waals surface area contributed by atoms with E-state index in [9.17, 15) is 0 Å². The Morgan fingerprint density at radius 3 is 2.67 bits per heavy atom. The molecule has 0 saturated carbocycles. The van der Waals surface area contributed by atoms with E-state index in [-0.39, 0.29) is 6.04 Å². The van der Waals surface area contributed by atoms with Crippen molar-refractivity contribution in [2.45, 2.75) is 45.8 Å². The normalized spacial score (nSPS) is 15.0. The van der Waals surface area contributed by atoms with E-state index >= 15 is 0 Å². The number of aryl methyl sites for hydroxylation is 1. The number of rotatable bonds is 6. The maximum Gasteiger partial charge on any atom is 0.249 e. The zero-order valence-electron chi connectivity index (χ0n) is 19.3. The van der Waals surface area contributed by atoms with E-state index in [1.165, 1.54) is 0 Å². The lowest BCUT2D eigenvalue weighted by molar-refractivity contribution is 0.0816. The summed E-state index contributed by atoms with van der Waals surface area (Å²) in [5.74, 6) is 3.16. The van der Waals surface area contributed by atoms with Crippen LogP contribution in [0, 0.1) is 6.92 Å². The van der Waals surface area contributed by atoms with Crippen LogP contribution in [0.25, 0.3) is 22.4 Å². The number of nitrogens with zero attached hydrogens (tertiary/aromatic N) is 7. The van der Waals surface area contributed by atoms with Crippen LogP contribution in [0.15, 0.2) is 35.1 Å². The molecule has 33 heavy (non-hydrogen) atoms. The summed E-state index contributed by atoms with van der Waals surface area (Å²) < 4.78 is 13.3. The van der Waals surface area contributed by atoms with Gasteiger partial charge in [-0.3, -0.25) is 0 Å². The molecule has 1 N–H and O–H groups in total. The molecule has 5 rings (SSSR count). The maximum atomic E-state index is 5.67. The molecular formula is C23H28N8O2. The quantitative estimate of drug-likeness (QED) is 0.466. The minimum atomic E-state index is 0.251. The van der Waals surface area contributed by atoms with Crippen molar-refractivity contribution < 1.29 is 9.15 Å². The minimum absolute atomic E-state index is 0.251. The van der Waals surface area contributed by atoms with Gasteiger partial charge in [-0.1, -0.05) is 0 Å². The molecule has 10 nitrogen and oxygen atoms in total. The Bertz CT molecular complexity index is 1260. The Labute approximate surface area is 192 Å². The van der Waals surface area contributed by atoms with Crippen LogP contribution in [0.5, 0.6) is 0 Å². The molecule has 1 aliphatic rings. The molecule has 0 bridgehead atoms. The molecule has 0 spiro atoms. The molecule has 1 aliphatic heterocycles. The fourth-order valence-electron chi connectivity index (χ4n) is 4.21. The number of ether oxygens (including phenoxy) is 1. The highest BCUT2D eigenvalue weighted by Gasteiger charge is 2.21. The van der Waals surface area contributed by atoms with Gasteiger partial charge < -0.3 is 23.9 Å². The molecule has 1 fully saturated rings. The standard InChI is InChI=1S/C23H28N8O2/c1-14(2)31-13-18(22-29-28-15(3)33-22)17-12-25-21(11-19(17)31)26-20-5-8-24-23(27-20)30-9-6-16(32-4)7-10-30/h5,8,11-14,16H,6-7,9-10H2,1-4H3,(H,24,25,26,27). The largest absolute Gasteiger partial charge is 0.421 e. The number of methoxy groups -OCH3 is 1. The summed E-state index contributed by atoms with van der Waals surface area (Å²) in [6.07, 6.45) is 7.92. The number of pyridine rings is 1. The first-order valence-corrected chi connectivity index (χ1v) is 11.2. The van der Waals surface area contributed by atoms with Crippen LogP contribution < -0.4 is 10.2 Å². The molecule has 4 aromatic heterocycles. The van der Waals surface area contributed by atoms with Gasteiger partial charge in [-0.25, -0.2) is 9.97 Å². The third-order valence-electron chi connectivity index (χ3n) is 5.99. The van der Waals surface area contributed by atoms with Crippen molar-refractivity contribution in [3.63, 3.8) is 0 Å². The second kappa shape index (κ2) is 8.78. The van der Waals surface area contributed by atoms with Gasteiger partial charge in [0.05, 0.1) is 17.2 Å². The van der Waals surface area contributed by atoms with E-state index in [2.05, 4.69) is 48.8 Å². The van der Waals surface area contributed by atoms with Crippen LogP contribution in [0.3, 0.4) is 0 Å². The van der Waals surface area contributed by atoms with E-state index in [0.29, 0.717) is 29.5 Å². The van der Waals surface area contributed by atoms with E-state index in [1.807, 2.05) is 24.5 Å². The Kier molecular flexibility index (Phi) is 5.67. The first-order valence-electron chi connectivity index (χ1n) is 11.2. The average Bonchev–Trinajstić information content (AvgIpc) is 3.42. The first kappa shape index (κ1) is 21.3. The van der Waals surface area contributed by atoms with Gasteiger partial charge >= 0.3 is 0 Å². The SMILES string of the molecule is COC1CCN(c2nccc(Nc3cc4c(cn3)c(-c3nnc(C)o3)cn4C(C)C)n2)CC1. The minimum Gasteiger partial charge on any atom is -0.421 e. The van der Waals surface area contributed by atoms with Crippen molar-refractivity contribution in [2.24, 2.45) is 0 Å². The molecule has 0 amide bonds. The highest BCUT2D eigenvalue weighted by Crippen LogP contribution is 2.33. The molecule has 1 saturated heterocycles. The summed E-state index contributed by atoms with van der Waals surface area (Å²) in [5, 5.41) is 12.5. The molecule has 4 aromatic rings. The van der Waals surface area contributed by atoms with Crippen molar-refractivity contribution in [2.75, 3.05) is 30.4 Å². The van der Waals surface area contributed by atoms with Crippen molar-refractivity contribution in [1.29, 1.82) is 0 Å². The second-order valence-electron chi connectivity index (χ2n) is 8.55. The smallest absolute Gasteiger partial charge is 0.249 e. The summed E-state index contributed by atoms with van der Waals surface area (Å²) in [6, 6.07) is 4.13. The lowest BCUT2D eigenvalue weighted by Crippen LogP contribution is -2.37. The van der Waals surface area contributed by atoms with Gasteiger partial charge in [0.1, 0.15) is 11.6 Å². The van der Waals surface area contributed by atoms with E-state index in [4.69, 9.17) is 14.1 Å². The van der Waals surface area contributed by atoms with E-state index in [1.54, 1.807) is 20.2 Å². The molecule has 172 valence electrons. The predicted octanol–water partition coefficient (Wildman–Crippen LogP) is 4.12. The number of hydrogen-bond acceptors (Lipinski definition) is 9. The van der Waals surface area contributed by atoms with Gasteiger partial charge in [-0.05, 0) is 32.8 Å². The summed E-state index contributed by atoms with van der Waals surface area (Å²) >= 11 is 0. The van der Waals surface area contributed by atoms with Crippen LogP contribution in [0.4, 0.5) is 17.6 Å². The van der Waals surface area contributed by atoms with Gasteiger partial charge in [0.2, 0.25) is 17.7 Å². The van der Waals surface area contributed by atoms with Crippen LogP contribution in [-0.4, -0.2) is 56.0 Å². The third-order valence-corrected chi connectivity index (χ3v) is 5.99. The monoisotopic (exact) mass is 448 g/mol. The summed E-state index contributed by atoms with van der Waals surface area (Å²) in [7, 11) is 1.77. The number of nitrogens with one attached hydrogen (secondary N) is 1. The van der Waals surface area contributed by atoms with Gasteiger partial charge in [-0.15, -0.1) is 10.2 Å². The number of aromatic nitrogens is 6. The third kappa shape index (κ3) is 4.25. The maximum absolute atomic E-state index is 5.67. The zero-order valence-corrected chi connectivity index (χ0v) is 19.3. The lowest BCUT2D eigenvalue weighted by Gasteiger charge is -2.31. The molecule has 0 aliphatic carbocycles. The molecule has 0 unspecified atom stereocenters.